The number of carbonyl (C=O) groups is 1. The summed E-state index contributed by atoms with van der Waals surface area (Å²) in [5.74, 6) is 1.38. The van der Waals surface area contributed by atoms with Crippen LogP contribution in [0.25, 0.3) is 11.5 Å². The highest BCUT2D eigenvalue weighted by Gasteiger charge is 2.10. The third-order valence-corrected chi connectivity index (χ3v) is 2.80. The van der Waals surface area contributed by atoms with Crippen LogP contribution in [-0.2, 0) is 11.3 Å². The van der Waals surface area contributed by atoms with Gasteiger partial charge in [-0.15, -0.1) is 0 Å². The number of nitrogens with zero attached hydrogens (tertiary/aromatic N) is 1. The highest BCUT2D eigenvalue weighted by atomic mass is 16.3. The molecule has 0 saturated carbocycles. The number of aryl methyl sites for hydroxylation is 1. The van der Waals surface area contributed by atoms with Gasteiger partial charge in [0, 0.05) is 18.5 Å². The van der Waals surface area contributed by atoms with E-state index in [2.05, 4.69) is 15.5 Å². The van der Waals surface area contributed by atoms with E-state index in [0.717, 1.165) is 35.7 Å². The van der Waals surface area contributed by atoms with Crippen molar-refractivity contribution >= 4 is 5.91 Å². The van der Waals surface area contributed by atoms with Gasteiger partial charge in [0.25, 0.3) is 0 Å². The first kappa shape index (κ1) is 13.4. The number of aromatic amines is 1. The zero-order valence-electron chi connectivity index (χ0n) is 10.9. The summed E-state index contributed by atoms with van der Waals surface area (Å²) in [4.78, 5) is 10.6. The molecule has 0 saturated heterocycles. The Morgan fingerprint density at radius 2 is 2.37 bits per heavy atom. The van der Waals surface area contributed by atoms with E-state index >= 15 is 0 Å². The van der Waals surface area contributed by atoms with E-state index in [-0.39, 0.29) is 5.91 Å². The lowest BCUT2D eigenvalue weighted by atomic mass is 10.2. The van der Waals surface area contributed by atoms with Gasteiger partial charge in [0.15, 0.2) is 5.76 Å². The number of carbonyl (C=O) groups excluding carboxylic acids is 1. The van der Waals surface area contributed by atoms with E-state index in [1.54, 1.807) is 6.20 Å². The minimum Gasteiger partial charge on any atom is -0.460 e. The van der Waals surface area contributed by atoms with E-state index in [4.69, 9.17) is 10.2 Å². The third kappa shape index (κ3) is 3.69. The van der Waals surface area contributed by atoms with Gasteiger partial charge in [0.2, 0.25) is 5.91 Å². The van der Waals surface area contributed by atoms with Crippen molar-refractivity contribution in [3.8, 4) is 11.5 Å². The molecule has 0 radical (unpaired) electrons. The van der Waals surface area contributed by atoms with Crippen LogP contribution in [0.3, 0.4) is 0 Å². The van der Waals surface area contributed by atoms with Crippen LogP contribution < -0.4 is 11.1 Å². The zero-order chi connectivity index (χ0) is 13.7. The number of furan rings is 1. The van der Waals surface area contributed by atoms with Crippen LogP contribution in [0.15, 0.2) is 22.7 Å². The highest BCUT2D eigenvalue weighted by Crippen LogP contribution is 2.23. The molecule has 6 nitrogen and oxygen atoms in total. The second kappa shape index (κ2) is 6.19. The van der Waals surface area contributed by atoms with E-state index in [0.29, 0.717) is 13.0 Å². The smallest absolute Gasteiger partial charge is 0.217 e. The Labute approximate surface area is 111 Å². The van der Waals surface area contributed by atoms with Crippen molar-refractivity contribution in [3.63, 3.8) is 0 Å². The fourth-order valence-corrected chi connectivity index (χ4v) is 1.84. The molecule has 2 aromatic rings. The molecule has 4 N–H and O–H groups in total. The number of rotatable bonds is 7. The Hall–Kier alpha value is -2.08. The van der Waals surface area contributed by atoms with Crippen molar-refractivity contribution in [1.82, 2.24) is 15.5 Å². The lowest BCUT2D eigenvalue weighted by Crippen LogP contribution is -2.18. The summed E-state index contributed by atoms with van der Waals surface area (Å²) in [6.07, 6.45) is 2.92. The molecule has 0 atom stereocenters. The first-order chi connectivity index (χ1) is 9.16. The standard InChI is InChI=1S/C13H18N4O2/c1-9-4-5-11(19-9)13-10(8-16-17-13)7-15-6-2-3-12(14)18/h4-5,8,15H,2-3,6-7H2,1H3,(H2,14,18)(H,16,17). The molecule has 6 heteroatoms. The average Bonchev–Trinajstić information content (AvgIpc) is 2.96. The van der Waals surface area contributed by atoms with E-state index in [9.17, 15) is 4.79 Å². The Morgan fingerprint density at radius 1 is 1.53 bits per heavy atom. The Bertz CT molecular complexity index is 544. The van der Waals surface area contributed by atoms with Crippen molar-refractivity contribution < 1.29 is 9.21 Å². The summed E-state index contributed by atoms with van der Waals surface area (Å²) in [6, 6.07) is 3.83. The van der Waals surface area contributed by atoms with E-state index < -0.39 is 0 Å². The van der Waals surface area contributed by atoms with Crippen LogP contribution in [0.5, 0.6) is 0 Å². The summed E-state index contributed by atoms with van der Waals surface area (Å²) < 4.78 is 5.57. The zero-order valence-corrected chi connectivity index (χ0v) is 10.9. The Balaban J connectivity index is 1.88. The van der Waals surface area contributed by atoms with Gasteiger partial charge in [-0.3, -0.25) is 9.89 Å². The van der Waals surface area contributed by atoms with Crippen molar-refractivity contribution in [2.75, 3.05) is 6.54 Å². The number of hydrogen-bond acceptors (Lipinski definition) is 4. The van der Waals surface area contributed by atoms with E-state index in [1.165, 1.54) is 0 Å². The molecule has 0 aliphatic heterocycles. The van der Waals surface area contributed by atoms with Crippen molar-refractivity contribution in [2.45, 2.75) is 26.3 Å². The number of primary amides is 1. The molecule has 19 heavy (non-hydrogen) atoms. The lowest BCUT2D eigenvalue weighted by molar-refractivity contribution is -0.118. The molecule has 0 bridgehead atoms. The molecule has 0 spiro atoms. The van der Waals surface area contributed by atoms with Gasteiger partial charge in [-0.05, 0) is 32.0 Å². The van der Waals surface area contributed by atoms with Gasteiger partial charge in [-0.1, -0.05) is 0 Å². The monoisotopic (exact) mass is 262 g/mol. The van der Waals surface area contributed by atoms with Crippen LogP contribution in [0.4, 0.5) is 0 Å². The maximum Gasteiger partial charge on any atom is 0.217 e. The number of hydrogen-bond donors (Lipinski definition) is 3. The summed E-state index contributed by atoms with van der Waals surface area (Å²) in [6.45, 7) is 3.32. The van der Waals surface area contributed by atoms with Crippen LogP contribution in [-0.4, -0.2) is 22.6 Å². The normalized spacial score (nSPS) is 10.8. The maximum atomic E-state index is 10.6. The van der Waals surface area contributed by atoms with E-state index in [1.807, 2.05) is 19.1 Å². The maximum absolute atomic E-state index is 10.6. The van der Waals surface area contributed by atoms with Gasteiger partial charge < -0.3 is 15.5 Å². The van der Waals surface area contributed by atoms with Crippen LogP contribution in [0, 0.1) is 6.92 Å². The summed E-state index contributed by atoms with van der Waals surface area (Å²) in [5, 5.41) is 10.2. The van der Waals surface area contributed by atoms with Gasteiger partial charge in [-0.2, -0.15) is 5.10 Å². The number of aromatic nitrogens is 2. The molecule has 0 aliphatic carbocycles. The number of nitrogens with one attached hydrogen (secondary N) is 2. The quantitative estimate of drug-likeness (QED) is 0.656. The van der Waals surface area contributed by atoms with Crippen molar-refractivity contribution in [2.24, 2.45) is 5.73 Å². The van der Waals surface area contributed by atoms with Gasteiger partial charge in [0.1, 0.15) is 11.5 Å². The number of amides is 1. The molecule has 0 fully saturated rings. The molecule has 0 aliphatic rings. The first-order valence-electron chi connectivity index (χ1n) is 6.25. The topological polar surface area (TPSA) is 96.9 Å². The van der Waals surface area contributed by atoms with Crippen LogP contribution >= 0.6 is 0 Å². The molecule has 2 heterocycles. The second-order valence-corrected chi connectivity index (χ2v) is 4.43. The van der Waals surface area contributed by atoms with Gasteiger partial charge in [0.05, 0.1) is 6.20 Å². The Morgan fingerprint density at radius 3 is 3.05 bits per heavy atom. The molecule has 0 unspecified atom stereocenters. The summed E-state index contributed by atoms with van der Waals surface area (Å²) in [5.41, 5.74) is 7.00. The van der Waals surface area contributed by atoms with Crippen molar-refractivity contribution in [1.29, 1.82) is 0 Å². The molecular formula is C13H18N4O2. The number of H-pyrrole nitrogens is 1. The predicted molar refractivity (Wildman–Crippen MR) is 71.2 cm³/mol. The third-order valence-electron chi connectivity index (χ3n) is 2.80. The predicted octanol–water partition coefficient (Wildman–Crippen LogP) is 1.33. The summed E-state index contributed by atoms with van der Waals surface area (Å²) in [7, 11) is 0. The van der Waals surface area contributed by atoms with Crippen LogP contribution in [0.1, 0.15) is 24.2 Å². The highest BCUT2D eigenvalue weighted by molar-refractivity contribution is 5.73. The average molecular weight is 262 g/mol. The molecule has 2 aromatic heterocycles. The fourth-order valence-electron chi connectivity index (χ4n) is 1.84. The van der Waals surface area contributed by atoms with Crippen molar-refractivity contribution in [3.05, 3.63) is 29.7 Å². The van der Waals surface area contributed by atoms with Gasteiger partial charge >= 0.3 is 0 Å². The first-order valence-corrected chi connectivity index (χ1v) is 6.25. The molecule has 1 amide bonds. The lowest BCUT2D eigenvalue weighted by Gasteiger charge is -2.03. The minimum absolute atomic E-state index is 0.267. The minimum atomic E-state index is -0.267. The SMILES string of the molecule is Cc1ccc(-c2[nH]ncc2CNCCCC(N)=O)o1. The molecular weight excluding hydrogens is 244 g/mol. The number of nitrogens with two attached hydrogens (primary N) is 1. The fraction of sp³-hybridized carbons (Fsp3) is 0.385. The summed E-state index contributed by atoms with van der Waals surface area (Å²) >= 11 is 0. The Kier molecular flexibility index (Phi) is 4.35. The molecule has 102 valence electrons. The van der Waals surface area contributed by atoms with Gasteiger partial charge in [-0.25, -0.2) is 0 Å². The largest absolute Gasteiger partial charge is 0.460 e. The van der Waals surface area contributed by atoms with Crippen LogP contribution in [0.2, 0.25) is 0 Å². The molecule has 2 rings (SSSR count). The second-order valence-electron chi connectivity index (χ2n) is 4.43. The molecule has 0 aromatic carbocycles.